The number of nitrogens with zero attached hydrogens (tertiary/aromatic N) is 1. The van der Waals surface area contributed by atoms with Crippen LogP contribution in [0.15, 0.2) is 22.6 Å². The minimum absolute atomic E-state index is 0.149. The highest BCUT2D eigenvalue weighted by Crippen LogP contribution is 2.45. The van der Waals surface area contributed by atoms with E-state index in [0.717, 1.165) is 25.7 Å². The summed E-state index contributed by atoms with van der Waals surface area (Å²) in [4.78, 5) is 28.7. The molecule has 7 nitrogen and oxygen atoms in total. The number of carbonyl (C=O) groups excluding carboxylic acids is 2. The maximum atomic E-state index is 12.6. The molecule has 1 N–H and O–H groups in total. The van der Waals surface area contributed by atoms with Gasteiger partial charge in [0.2, 0.25) is 11.8 Å². The minimum Gasteiger partial charge on any atom is -0.497 e. The zero-order valence-electron chi connectivity index (χ0n) is 14.0. The van der Waals surface area contributed by atoms with Crippen molar-refractivity contribution in [3.8, 4) is 5.75 Å². The second kappa shape index (κ2) is 6.06. The largest absolute Gasteiger partial charge is 0.497 e. The van der Waals surface area contributed by atoms with E-state index in [1.165, 1.54) is 0 Å². The van der Waals surface area contributed by atoms with Crippen LogP contribution in [0.4, 0.5) is 0 Å². The van der Waals surface area contributed by atoms with Crippen LogP contribution in [-0.2, 0) is 20.9 Å². The molecular formula is C18H20N2O5. The second-order valence-electron chi connectivity index (χ2n) is 6.66. The number of esters is 1. The van der Waals surface area contributed by atoms with Gasteiger partial charge in [0.05, 0.1) is 26.0 Å². The highest BCUT2D eigenvalue weighted by Gasteiger charge is 2.53. The van der Waals surface area contributed by atoms with Gasteiger partial charge >= 0.3 is 5.97 Å². The summed E-state index contributed by atoms with van der Waals surface area (Å²) >= 11 is 0. The molecule has 2 aliphatic rings. The van der Waals surface area contributed by atoms with Gasteiger partial charge in [-0.25, -0.2) is 4.98 Å². The molecule has 1 saturated carbocycles. The molecule has 4 rings (SSSR count). The number of benzene rings is 1. The summed E-state index contributed by atoms with van der Waals surface area (Å²) in [6.07, 6.45) is 3.66. The first-order chi connectivity index (χ1) is 12.1. The van der Waals surface area contributed by atoms with Gasteiger partial charge in [-0.3, -0.25) is 9.59 Å². The van der Waals surface area contributed by atoms with Crippen LogP contribution in [0.5, 0.6) is 5.75 Å². The number of ether oxygens (including phenoxy) is 2. The van der Waals surface area contributed by atoms with Crippen LogP contribution in [0.25, 0.3) is 11.1 Å². The summed E-state index contributed by atoms with van der Waals surface area (Å²) in [7, 11) is 1.59. The number of rotatable bonds is 4. The Morgan fingerprint density at radius 2 is 2.20 bits per heavy atom. The molecule has 1 aromatic carbocycles. The van der Waals surface area contributed by atoms with Crippen LogP contribution < -0.4 is 10.1 Å². The average Bonchev–Trinajstić information content (AvgIpc) is 3.31. The number of hydrogen-bond donors (Lipinski definition) is 1. The summed E-state index contributed by atoms with van der Waals surface area (Å²) in [5.41, 5.74) is 0.711. The topological polar surface area (TPSA) is 90.7 Å². The van der Waals surface area contributed by atoms with E-state index >= 15 is 0 Å². The van der Waals surface area contributed by atoms with Crippen molar-refractivity contribution >= 4 is 23.0 Å². The monoisotopic (exact) mass is 344 g/mol. The van der Waals surface area contributed by atoms with Gasteiger partial charge < -0.3 is 19.2 Å². The lowest BCUT2D eigenvalue weighted by molar-refractivity contribution is -0.150. The van der Waals surface area contributed by atoms with Gasteiger partial charge in [0.15, 0.2) is 5.58 Å². The summed E-state index contributed by atoms with van der Waals surface area (Å²) < 4.78 is 16.3. The molecule has 0 unspecified atom stereocenters. The van der Waals surface area contributed by atoms with Crippen LogP contribution in [0.3, 0.4) is 0 Å². The first kappa shape index (κ1) is 15.9. The molecule has 2 aromatic rings. The Morgan fingerprint density at radius 1 is 1.40 bits per heavy atom. The Hall–Kier alpha value is -2.57. The Balaban J connectivity index is 1.45. The van der Waals surface area contributed by atoms with Gasteiger partial charge in [-0.05, 0) is 37.8 Å². The van der Waals surface area contributed by atoms with Crippen molar-refractivity contribution in [2.24, 2.45) is 5.92 Å². The lowest BCUT2D eigenvalue weighted by Crippen LogP contribution is -2.42. The third-order valence-electron chi connectivity index (χ3n) is 5.14. The number of oxazole rings is 1. The van der Waals surface area contributed by atoms with Gasteiger partial charge in [0, 0.05) is 6.07 Å². The number of hydrogen-bond acceptors (Lipinski definition) is 6. The molecule has 1 spiro atoms. The molecule has 2 heterocycles. The first-order valence-electron chi connectivity index (χ1n) is 8.53. The van der Waals surface area contributed by atoms with Crippen LogP contribution >= 0.6 is 0 Å². The van der Waals surface area contributed by atoms with Crippen molar-refractivity contribution in [1.29, 1.82) is 0 Å². The minimum atomic E-state index is -0.601. The Morgan fingerprint density at radius 3 is 2.96 bits per heavy atom. The van der Waals surface area contributed by atoms with Crippen molar-refractivity contribution in [1.82, 2.24) is 10.3 Å². The summed E-state index contributed by atoms with van der Waals surface area (Å²) in [6.45, 7) is 0.177. The lowest BCUT2D eigenvalue weighted by atomic mass is 9.85. The van der Waals surface area contributed by atoms with E-state index < -0.39 is 11.5 Å². The van der Waals surface area contributed by atoms with E-state index in [0.29, 0.717) is 22.7 Å². The van der Waals surface area contributed by atoms with Crippen LogP contribution in [0, 0.1) is 5.92 Å². The predicted molar refractivity (Wildman–Crippen MR) is 87.8 cm³/mol. The van der Waals surface area contributed by atoms with E-state index in [-0.39, 0.29) is 24.8 Å². The van der Waals surface area contributed by atoms with Crippen molar-refractivity contribution in [3.05, 3.63) is 24.1 Å². The average molecular weight is 344 g/mol. The van der Waals surface area contributed by atoms with Crippen LogP contribution in [-0.4, -0.2) is 29.6 Å². The molecular weight excluding hydrogens is 324 g/mol. The Kier molecular flexibility index (Phi) is 3.86. The Labute approximate surface area is 144 Å². The number of nitrogens with one attached hydrogen (secondary N) is 1. The fourth-order valence-corrected chi connectivity index (χ4v) is 3.89. The van der Waals surface area contributed by atoms with E-state index in [9.17, 15) is 9.59 Å². The highest BCUT2D eigenvalue weighted by atomic mass is 16.6. The third kappa shape index (κ3) is 2.83. The van der Waals surface area contributed by atoms with Gasteiger partial charge in [-0.2, -0.15) is 0 Å². The summed E-state index contributed by atoms with van der Waals surface area (Å²) in [5.74, 6) is 0.235. The normalized spacial score (nSPS) is 21.6. The molecule has 0 radical (unpaired) electrons. The molecule has 1 aromatic heterocycles. The molecule has 25 heavy (non-hydrogen) atoms. The molecule has 1 aliphatic carbocycles. The van der Waals surface area contributed by atoms with Crippen LogP contribution in [0.1, 0.15) is 38.0 Å². The fourth-order valence-electron chi connectivity index (χ4n) is 3.89. The fraction of sp³-hybridized carbons (Fsp3) is 0.500. The predicted octanol–water partition coefficient (Wildman–Crippen LogP) is 2.33. The smallest absolute Gasteiger partial charge is 0.307 e. The molecule has 1 saturated heterocycles. The summed E-state index contributed by atoms with van der Waals surface area (Å²) in [6, 6.07) is 5.35. The van der Waals surface area contributed by atoms with E-state index in [1.54, 1.807) is 25.3 Å². The highest BCUT2D eigenvalue weighted by molar-refractivity contribution is 5.88. The molecule has 2 fully saturated rings. The van der Waals surface area contributed by atoms with Crippen molar-refractivity contribution in [2.45, 2.75) is 44.2 Å². The molecule has 0 bridgehead atoms. The zero-order chi connectivity index (χ0) is 17.4. The second-order valence-corrected chi connectivity index (χ2v) is 6.66. The maximum Gasteiger partial charge on any atom is 0.307 e. The van der Waals surface area contributed by atoms with Crippen molar-refractivity contribution < 1.29 is 23.5 Å². The SMILES string of the molecule is COc1ccc2oc(CNC(=O)[C@@H]3CC(=O)OC34CCCC4)nc2c1. The number of fused-ring (bicyclic) bond motifs is 1. The van der Waals surface area contributed by atoms with E-state index in [4.69, 9.17) is 13.9 Å². The number of aromatic nitrogens is 1. The van der Waals surface area contributed by atoms with Gasteiger partial charge in [0.25, 0.3) is 0 Å². The van der Waals surface area contributed by atoms with E-state index in [2.05, 4.69) is 10.3 Å². The molecule has 7 heteroatoms. The van der Waals surface area contributed by atoms with Crippen molar-refractivity contribution in [3.63, 3.8) is 0 Å². The Bertz CT molecular complexity index is 822. The molecule has 1 amide bonds. The quantitative estimate of drug-likeness (QED) is 0.856. The molecule has 1 aliphatic heterocycles. The molecule has 1 atom stereocenters. The third-order valence-corrected chi connectivity index (χ3v) is 5.14. The number of amides is 1. The van der Waals surface area contributed by atoms with Gasteiger partial charge in [0.1, 0.15) is 16.9 Å². The number of carbonyl (C=O) groups is 2. The van der Waals surface area contributed by atoms with Gasteiger partial charge in [-0.15, -0.1) is 0 Å². The van der Waals surface area contributed by atoms with E-state index in [1.807, 2.05) is 0 Å². The van der Waals surface area contributed by atoms with Gasteiger partial charge in [-0.1, -0.05) is 0 Å². The number of methoxy groups -OCH3 is 1. The maximum absolute atomic E-state index is 12.6. The standard InChI is InChI=1S/C18H20N2O5/c1-23-11-4-5-14-13(8-11)20-15(24-14)10-19-17(22)12-9-16(21)25-18(12)6-2-3-7-18/h4-5,8,12H,2-3,6-7,9-10H2,1H3,(H,19,22)/t12-/m0/s1. The summed E-state index contributed by atoms with van der Waals surface area (Å²) in [5, 5.41) is 2.84. The molecule has 132 valence electrons. The zero-order valence-corrected chi connectivity index (χ0v) is 14.0. The van der Waals surface area contributed by atoms with Crippen LogP contribution in [0.2, 0.25) is 0 Å². The lowest BCUT2D eigenvalue weighted by Gasteiger charge is -2.27. The first-order valence-corrected chi connectivity index (χ1v) is 8.53. The van der Waals surface area contributed by atoms with Crippen molar-refractivity contribution in [2.75, 3.05) is 7.11 Å².